The van der Waals surface area contributed by atoms with Crippen LogP contribution in [0.25, 0.3) is 0 Å². The van der Waals surface area contributed by atoms with Crippen LogP contribution in [0.5, 0.6) is 0 Å². The van der Waals surface area contributed by atoms with Gasteiger partial charge in [0.15, 0.2) is 0 Å². The molecule has 2 rings (SSSR count). The maximum absolute atomic E-state index is 6.00. The van der Waals surface area contributed by atoms with E-state index in [1.165, 1.54) is 6.33 Å². The highest BCUT2D eigenvalue weighted by atomic mass is 79.9. The molecule has 0 saturated carbocycles. The Morgan fingerprint density at radius 2 is 2.00 bits per heavy atom. The molecule has 1 heterocycles. The summed E-state index contributed by atoms with van der Waals surface area (Å²) in [6.45, 7) is 4.82. The summed E-state index contributed by atoms with van der Waals surface area (Å²) < 4.78 is 0.930. The summed E-state index contributed by atoms with van der Waals surface area (Å²) in [5.41, 5.74) is 1.84. The molecular formula is C13H14BrClN4. The molecule has 0 spiro atoms. The van der Waals surface area contributed by atoms with Gasteiger partial charge in [-0.05, 0) is 48.0 Å². The van der Waals surface area contributed by atoms with Crippen molar-refractivity contribution in [2.75, 3.05) is 17.2 Å². The third-order valence-corrected chi connectivity index (χ3v) is 3.54. The fourth-order valence-corrected chi connectivity index (χ4v) is 2.16. The SMILES string of the molecule is CCNc1ncnc(Nc2cc(Cl)ccc2Br)c1C. The van der Waals surface area contributed by atoms with Gasteiger partial charge in [-0.3, -0.25) is 0 Å². The summed E-state index contributed by atoms with van der Waals surface area (Å²) in [5.74, 6) is 1.59. The van der Waals surface area contributed by atoms with E-state index in [4.69, 9.17) is 11.6 Å². The normalized spacial score (nSPS) is 10.3. The molecule has 19 heavy (non-hydrogen) atoms. The van der Waals surface area contributed by atoms with Crippen LogP contribution in [0, 0.1) is 6.92 Å². The Kier molecular flexibility index (Phi) is 4.61. The van der Waals surface area contributed by atoms with Crippen molar-refractivity contribution >= 4 is 44.9 Å². The van der Waals surface area contributed by atoms with Gasteiger partial charge in [-0.25, -0.2) is 9.97 Å². The van der Waals surface area contributed by atoms with Gasteiger partial charge in [0.25, 0.3) is 0 Å². The van der Waals surface area contributed by atoms with Crippen LogP contribution in [0.3, 0.4) is 0 Å². The Balaban J connectivity index is 2.33. The van der Waals surface area contributed by atoms with Crippen LogP contribution >= 0.6 is 27.5 Å². The second-order valence-electron chi connectivity index (χ2n) is 3.98. The van der Waals surface area contributed by atoms with Gasteiger partial charge in [0.05, 0.1) is 5.69 Å². The van der Waals surface area contributed by atoms with Crippen LogP contribution in [0.4, 0.5) is 17.3 Å². The van der Waals surface area contributed by atoms with Crippen molar-refractivity contribution in [2.45, 2.75) is 13.8 Å². The number of benzene rings is 1. The van der Waals surface area contributed by atoms with Crippen molar-refractivity contribution in [3.63, 3.8) is 0 Å². The van der Waals surface area contributed by atoms with E-state index in [2.05, 4.69) is 36.5 Å². The number of nitrogens with one attached hydrogen (secondary N) is 2. The van der Waals surface area contributed by atoms with Crippen molar-refractivity contribution in [1.29, 1.82) is 0 Å². The molecule has 6 heteroatoms. The average Bonchev–Trinajstić information content (AvgIpc) is 2.39. The second-order valence-corrected chi connectivity index (χ2v) is 5.27. The molecule has 0 bridgehead atoms. The molecule has 1 aromatic heterocycles. The zero-order chi connectivity index (χ0) is 13.8. The molecule has 0 unspecified atom stereocenters. The summed E-state index contributed by atoms with van der Waals surface area (Å²) in [7, 11) is 0. The molecule has 0 amide bonds. The van der Waals surface area contributed by atoms with Crippen LogP contribution in [-0.2, 0) is 0 Å². The Morgan fingerprint density at radius 3 is 2.74 bits per heavy atom. The number of hydrogen-bond acceptors (Lipinski definition) is 4. The maximum atomic E-state index is 6.00. The van der Waals surface area contributed by atoms with E-state index in [1.807, 2.05) is 32.0 Å². The van der Waals surface area contributed by atoms with Crippen LogP contribution in [0.2, 0.25) is 5.02 Å². The van der Waals surface area contributed by atoms with Crippen molar-refractivity contribution in [1.82, 2.24) is 9.97 Å². The highest BCUT2D eigenvalue weighted by Crippen LogP contribution is 2.30. The van der Waals surface area contributed by atoms with Crippen molar-refractivity contribution in [3.8, 4) is 0 Å². The fourth-order valence-electron chi connectivity index (χ4n) is 1.64. The van der Waals surface area contributed by atoms with Gasteiger partial charge < -0.3 is 10.6 Å². The minimum absolute atomic E-state index is 0.671. The molecule has 0 aliphatic heterocycles. The first-order valence-corrected chi connectivity index (χ1v) is 7.06. The topological polar surface area (TPSA) is 49.8 Å². The molecule has 0 saturated heterocycles. The maximum Gasteiger partial charge on any atom is 0.138 e. The monoisotopic (exact) mass is 340 g/mol. The summed E-state index contributed by atoms with van der Waals surface area (Å²) in [5, 5.41) is 7.13. The molecule has 0 radical (unpaired) electrons. The second kappa shape index (κ2) is 6.21. The van der Waals surface area contributed by atoms with Crippen LogP contribution in [0.1, 0.15) is 12.5 Å². The molecule has 2 aromatic rings. The minimum atomic E-state index is 0.671. The largest absolute Gasteiger partial charge is 0.370 e. The lowest BCUT2D eigenvalue weighted by Crippen LogP contribution is -2.05. The fraction of sp³-hybridized carbons (Fsp3) is 0.231. The smallest absolute Gasteiger partial charge is 0.138 e. The summed E-state index contributed by atoms with van der Waals surface area (Å²) in [6, 6.07) is 5.57. The van der Waals surface area contributed by atoms with Gasteiger partial charge in [0.1, 0.15) is 18.0 Å². The first-order valence-electron chi connectivity index (χ1n) is 5.89. The molecular weight excluding hydrogens is 328 g/mol. The highest BCUT2D eigenvalue weighted by molar-refractivity contribution is 9.10. The van der Waals surface area contributed by atoms with E-state index in [0.717, 1.165) is 33.9 Å². The first kappa shape index (κ1) is 14.1. The standard InChI is InChI=1S/C13H14BrClN4/c1-3-16-12-8(2)13(18-7-17-12)19-11-6-9(15)4-5-10(11)14/h4-7H,3H2,1-2H3,(H2,16,17,18,19). The predicted molar refractivity (Wildman–Crippen MR) is 83.4 cm³/mol. The Labute approximate surface area is 125 Å². The summed E-state index contributed by atoms with van der Waals surface area (Å²) in [6.07, 6.45) is 1.53. The van der Waals surface area contributed by atoms with Gasteiger partial charge in [0.2, 0.25) is 0 Å². The number of anilines is 3. The van der Waals surface area contributed by atoms with Crippen molar-refractivity contribution in [3.05, 3.63) is 39.6 Å². The first-order chi connectivity index (χ1) is 9.11. The van der Waals surface area contributed by atoms with Gasteiger partial charge in [-0.2, -0.15) is 0 Å². The number of rotatable bonds is 4. The van der Waals surface area contributed by atoms with E-state index < -0.39 is 0 Å². The highest BCUT2D eigenvalue weighted by Gasteiger charge is 2.08. The third kappa shape index (κ3) is 3.36. The number of nitrogens with zero attached hydrogens (tertiary/aromatic N) is 2. The molecule has 4 nitrogen and oxygen atoms in total. The summed E-state index contributed by atoms with van der Waals surface area (Å²) in [4.78, 5) is 8.47. The van der Waals surface area contributed by atoms with Crippen molar-refractivity contribution in [2.24, 2.45) is 0 Å². The van der Waals surface area contributed by atoms with Crippen molar-refractivity contribution < 1.29 is 0 Å². The summed E-state index contributed by atoms with van der Waals surface area (Å²) >= 11 is 9.48. The van der Waals surface area contributed by atoms with E-state index in [0.29, 0.717) is 5.02 Å². The van der Waals surface area contributed by atoms with Crippen LogP contribution in [-0.4, -0.2) is 16.5 Å². The minimum Gasteiger partial charge on any atom is -0.370 e. The van der Waals surface area contributed by atoms with E-state index in [9.17, 15) is 0 Å². The van der Waals surface area contributed by atoms with Crippen LogP contribution < -0.4 is 10.6 Å². The average molecular weight is 342 g/mol. The lowest BCUT2D eigenvalue weighted by atomic mass is 10.2. The number of aromatic nitrogens is 2. The molecule has 0 aliphatic rings. The van der Waals surface area contributed by atoms with E-state index in [1.54, 1.807) is 0 Å². The Morgan fingerprint density at radius 1 is 1.26 bits per heavy atom. The third-order valence-electron chi connectivity index (χ3n) is 2.61. The van der Waals surface area contributed by atoms with Gasteiger partial charge in [-0.15, -0.1) is 0 Å². The molecule has 0 aliphatic carbocycles. The van der Waals surface area contributed by atoms with E-state index >= 15 is 0 Å². The number of halogens is 2. The van der Waals surface area contributed by atoms with E-state index in [-0.39, 0.29) is 0 Å². The lowest BCUT2D eigenvalue weighted by molar-refractivity contribution is 1.08. The van der Waals surface area contributed by atoms with Gasteiger partial charge in [-0.1, -0.05) is 11.6 Å². The number of hydrogen-bond donors (Lipinski definition) is 2. The Bertz CT molecular complexity index is 589. The predicted octanol–water partition coefficient (Wildman–Crippen LogP) is 4.38. The molecule has 1 aromatic carbocycles. The van der Waals surface area contributed by atoms with Gasteiger partial charge >= 0.3 is 0 Å². The lowest BCUT2D eigenvalue weighted by Gasteiger charge is -2.13. The molecule has 0 fully saturated rings. The zero-order valence-electron chi connectivity index (χ0n) is 10.7. The molecule has 0 atom stereocenters. The Hall–Kier alpha value is -1.33. The zero-order valence-corrected chi connectivity index (χ0v) is 13.0. The molecule has 100 valence electrons. The quantitative estimate of drug-likeness (QED) is 0.866. The van der Waals surface area contributed by atoms with Crippen LogP contribution in [0.15, 0.2) is 29.0 Å². The van der Waals surface area contributed by atoms with Gasteiger partial charge in [0, 0.05) is 21.6 Å². The molecule has 2 N–H and O–H groups in total.